The zero-order valence-corrected chi connectivity index (χ0v) is 15.5. The van der Waals surface area contributed by atoms with Gasteiger partial charge in [-0.2, -0.15) is 13.2 Å². The summed E-state index contributed by atoms with van der Waals surface area (Å²) < 4.78 is 38.2. The summed E-state index contributed by atoms with van der Waals surface area (Å²) in [6, 6.07) is 8.71. The molecule has 2 rings (SSSR count). The minimum absolute atomic E-state index is 0.0966. The predicted molar refractivity (Wildman–Crippen MR) is 95.3 cm³/mol. The molecular formula is C17H13BrClF3N2O2. The first-order chi connectivity index (χ1) is 12.2. The second-order valence-corrected chi connectivity index (χ2v) is 6.53. The quantitative estimate of drug-likeness (QED) is 0.670. The minimum Gasteiger partial charge on any atom is -0.350 e. The zero-order chi connectivity index (χ0) is 19.3. The highest BCUT2D eigenvalue weighted by Gasteiger charge is 2.30. The molecule has 0 saturated heterocycles. The van der Waals surface area contributed by atoms with Crippen molar-refractivity contribution in [1.82, 2.24) is 10.6 Å². The Hall–Kier alpha value is -2.06. The van der Waals surface area contributed by atoms with Gasteiger partial charge in [0.15, 0.2) is 0 Å². The highest BCUT2D eigenvalue weighted by molar-refractivity contribution is 9.10. The molecule has 0 atom stereocenters. The minimum atomic E-state index is -4.45. The number of carbonyl (C=O) groups excluding carboxylic acids is 2. The van der Waals surface area contributed by atoms with Gasteiger partial charge in [0.1, 0.15) is 0 Å². The molecule has 0 radical (unpaired) electrons. The summed E-state index contributed by atoms with van der Waals surface area (Å²) >= 11 is 9.19. The first kappa shape index (κ1) is 20.3. The van der Waals surface area contributed by atoms with Gasteiger partial charge in [-0.3, -0.25) is 9.59 Å². The molecule has 0 aliphatic carbocycles. The topological polar surface area (TPSA) is 58.2 Å². The van der Waals surface area contributed by atoms with Gasteiger partial charge in [0.2, 0.25) is 0 Å². The fourth-order valence-corrected chi connectivity index (χ4v) is 2.60. The van der Waals surface area contributed by atoms with E-state index in [1.54, 1.807) is 18.2 Å². The third kappa shape index (κ3) is 5.47. The second-order valence-electron chi connectivity index (χ2n) is 5.21. The van der Waals surface area contributed by atoms with Gasteiger partial charge in [-0.15, -0.1) is 0 Å². The van der Waals surface area contributed by atoms with E-state index in [4.69, 9.17) is 11.6 Å². The Balaban J connectivity index is 1.83. The molecular weight excluding hydrogens is 437 g/mol. The highest BCUT2D eigenvalue weighted by atomic mass is 79.9. The van der Waals surface area contributed by atoms with Crippen LogP contribution in [0.25, 0.3) is 0 Å². The van der Waals surface area contributed by atoms with E-state index in [0.29, 0.717) is 9.50 Å². The van der Waals surface area contributed by atoms with Crippen LogP contribution in [0, 0.1) is 0 Å². The molecule has 4 nitrogen and oxygen atoms in total. The predicted octanol–water partition coefficient (Wildman–Crippen LogP) is 4.28. The summed E-state index contributed by atoms with van der Waals surface area (Å²) in [5, 5.41) is 5.40. The molecule has 2 amide bonds. The van der Waals surface area contributed by atoms with Crippen molar-refractivity contribution >= 4 is 39.3 Å². The number of carbonyl (C=O) groups is 2. The van der Waals surface area contributed by atoms with Crippen molar-refractivity contribution in [3.8, 4) is 0 Å². The smallest absolute Gasteiger partial charge is 0.350 e. The van der Waals surface area contributed by atoms with Crippen molar-refractivity contribution in [1.29, 1.82) is 0 Å². The molecule has 26 heavy (non-hydrogen) atoms. The summed E-state index contributed by atoms with van der Waals surface area (Å²) in [6.07, 6.45) is -4.45. The normalized spacial score (nSPS) is 11.1. The Labute approximate surface area is 160 Å². The first-order valence-corrected chi connectivity index (χ1v) is 8.54. The Morgan fingerprint density at radius 2 is 1.54 bits per heavy atom. The largest absolute Gasteiger partial charge is 0.416 e. The van der Waals surface area contributed by atoms with Crippen LogP contribution < -0.4 is 10.6 Å². The molecule has 9 heteroatoms. The molecule has 0 fully saturated rings. The van der Waals surface area contributed by atoms with Crippen molar-refractivity contribution in [2.24, 2.45) is 0 Å². The number of alkyl halides is 3. The van der Waals surface area contributed by atoms with Crippen LogP contribution in [0.5, 0.6) is 0 Å². The molecule has 2 aromatic carbocycles. The van der Waals surface area contributed by atoms with Crippen molar-refractivity contribution < 1.29 is 22.8 Å². The fraction of sp³-hybridized carbons (Fsp3) is 0.176. The summed E-state index contributed by atoms with van der Waals surface area (Å²) in [6.45, 7) is 0.241. The van der Waals surface area contributed by atoms with Crippen LogP contribution in [0.1, 0.15) is 26.3 Å². The lowest BCUT2D eigenvalue weighted by Crippen LogP contribution is -2.34. The van der Waals surface area contributed by atoms with Crippen LogP contribution in [0.2, 0.25) is 5.02 Å². The highest BCUT2D eigenvalue weighted by Crippen LogP contribution is 2.29. The van der Waals surface area contributed by atoms with E-state index in [9.17, 15) is 22.8 Å². The van der Waals surface area contributed by atoms with E-state index in [1.807, 2.05) is 0 Å². The standard InChI is InChI=1S/C17H13BrClF3N2O2/c18-12-5-6-14(19)13(9-12)16(26)24-8-7-23-15(25)10-1-3-11(4-2-10)17(20,21)22/h1-6,9H,7-8H2,(H,23,25)(H,24,26). The summed E-state index contributed by atoms with van der Waals surface area (Å²) in [7, 11) is 0. The average molecular weight is 450 g/mol. The van der Waals surface area contributed by atoms with E-state index in [0.717, 1.165) is 24.3 Å². The number of hydrogen-bond donors (Lipinski definition) is 2. The zero-order valence-electron chi connectivity index (χ0n) is 13.2. The van der Waals surface area contributed by atoms with Crippen molar-refractivity contribution in [3.05, 3.63) is 68.7 Å². The summed E-state index contributed by atoms with van der Waals surface area (Å²) in [5.41, 5.74) is -0.443. The van der Waals surface area contributed by atoms with Gasteiger partial charge >= 0.3 is 6.18 Å². The molecule has 0 unspecified atom stereocenters. The van der Waals surface area contributed by atoms with Gasteiger partial charge in [0, 0.05) is 23.1 Å². The van der Waals surface area contributed by atoms with Gasteiger partial charge in [-0.05, 0) is 42.5 Å². The van der Waals surface area contributed by atoms with Crippen molar-refractivity contribution in [2.75, 3.05) is 13.1 Å². The van der Waals surface area contributed by atoms with Crippen LogP contribution in [0.15, 0.2) is 46.9 Å². The molecule has 0 saturated carbocycles. The van der Waals surface area contributed by atoms with Gasteiger partial charge < -0.3 is 10.6 Å². The van der Waals surface area contributed by atoms with Crippen LogP contribution in [0.4, 0.5) is 13.2 Å². The lowest BCUT2D eigenvalue weighted by Gasteiger charge is -2.10. The molecule has 138 valence electrons. The van der Waals surface area contributed by atoms with Crippen LogP contribution >= 0.6 is 27.5 Å². The van der Waals surface area contributed by atoms with E-state index in [2.05, 4.69) is 26.6 Å². The average Bonchev–Trinajstić information content (AvgIpc) is 2.59. The molecule has 0 aliphatic rings. The third-order valence-corrected chi connectivity index (χ3v) is 4.17. The lowest BCUT2D eigenvalue weighted by atomic mass is 10.1. The first-order valence-electron chi connectivity index (χ1n) is 7.37. The number of amides is 2. The number of benzene rings is 2. The molecule has 0 aliphatic heterocycles. The van der Waals surface area contributed by atoms with E-state index >= 15 is 0 Å². The molecule has 0 heterocycles. The molecule has 2 N–H and O–H groups in total. The monoisotopic (exact) mass is 448 g/mol. The van der Waals surface area contributed by atoms with Gasteiger partial charge in [0.05, 0.1) is 16.1 Å². The van der Waals surface area contributed by atoms with E-state index in [-0.39, 0.29) is 24.2 Å². The van der Waals surface area contributed by atoms with Gasteiger partial charge in [0.25, 0.3) is 11.8 Å². The van der Waals surface area contributed by atoms with Gasteiger partial charge in [-0.1, -0.05) is 27.5 Å². The number of nitrogens with one attached hydrogen (secondary N) is 2. The van der Waals surface area contributed by atoms with Crippen LogP contribution in [-0.4, -0.2) is 24.9 Å². The fourth-order valence-electron chi connectivity index (χ4n) is 2.03. The van der Waals surface area contributed by atoms with Gasteiger partial charge in [-0.25, -0.2) is 0 Å². The van der Waals surface area contributed by atoms with E-state index < -0.39 is 23.6 Å². The third-order valence-electron chi connectivity index (χ3n) is 3.34. The second kappa shape index (κ2) is 8.55. The molecule has 0 bridgehead atoms. The Bertz CT molecular complexity index is 811. The number of halogens is 5. The number of hydrogen-bond acceptors (Lipinski definition) is 2. The SMILES string of the molecule is O=C(NCCNC(=O)c1cc(Br)ccc1Cl)c1ccc(C(F)(F)F)cc1. The van der Waals surface area contributed by atoms with Crippen molar-refractivity contribution in [3.63, 3.8) is 0 Å². The van der Waals surface area contributed by atoms with Crippen LogP contribution in [0.3, 0.4) is 0 Å². The maximum absolute atomic E-state index is 12.5. The Morgan fingerprint density at radius 1 is 0.962 bits per heavy atom. The molecule has 0 spiro atoms. The van der Waals surface area contributed by atoms with Crippen LogP contribution in [-0.2, 0) is 6.18 Å². The van der Waals surface area contributed by atoms with E-state index in [1.165, 1.54) is 0 Å². The maximum atomic E-state index is 12.5. The Morgan fingerprint density at radius 3 is 2.12 bits per heavy atom. The molecule has 0 aromatic heterocycles. The molecule has 2 aromatic rings. The summed E-state index contributed by atoms with van der Waals surface area (Å²) in [5.74, 6) is -0.937. The van der Waals surface area contributed by atoms with Crippen molar-refractivity contribution in [2.45, 2.75) is 6.18 Å². The number of rotatable bonds is 5. The maximum Gasteiger partial charge on any atom is 0.416 e. The summed E-state index contributed by atoms with van der Waals surface area (Å²) in [4.78, 5) is 23.9. The lowest BCUT2D eigenvalue weighted by molar-refractivity contribution is -0.137. The Kier molecular flexibility index (Phi) is 6.66.